The maximum atomic E-state index is 12.8. The van der Waals surface area contributed by atoms with Gasteiger partial charge in [0.15, 0.2) is 0 Å². The van der Waals surface area contributed by atoms with Crippen LogP contribution in [0.1, 0.15) is 43.7 Å². The van der Waals surface area contributed by atoms with Crippen LogP contribution in [-0.4, -0.2) is 47.1 Å². The molecule has 0 aliphatic carbocycles. The Hall–Kier alpha value is -1.93. The molecule has 1 atom stereocenters. The highest BCUT2D eigenvalue weighted by molar-refractivity contribution is 7.89. The van der Waals surface area contributed by atoms with E-state index < -0.39 is 10.0 Å². The monoisotopic (exact) mass is 375 g/mol. The Labute approximate surface area is 154 Å². The SMILES string of the molecule is Cn1cc(C2CCCN2c2ccc(S(=O)(=O)N3CCCCC3)cn2)cn1. The van der Waals surface area contributed by atoms with Gasteiger partial charge in [0.25, 0.3) is 0 Å². The third-order valence-electron chi connectivity index (χ3n) is 5.33. The summed E-state index contributed by atoms with van der Waals surface area (Å²) in [6.07, 6.45) is 10.6. The molecule has 0 amide bonds. The van der Waals surface area contributed by atoms with Gasteiger partial charge in [-0.3, -0.25) is 4.68 Å². The van der Waals surface area contributed by atoms with Crippen LogP contribution in [-0.2, 0) is 17.1 Å². The van der Waals surface area contributed by atoms with Crippen molar-refractivity contribution in [2.45, 2.75) is 43.0 Å². The van der Waals surface area contributed by atoms with Gasteiger partial charge < -0.3 is 4.90 Å². The molecule has 0 aromatic carbocycles. The molecule has 2 fully saturated rings. The van der Waals surface area contributed by atoms with E-state index in [9.17, 15) is 8.42 Å². The summed E-state index contributed by atoms with van der Waals surface area (Å²) in [5, 5.41) is 4.27. The summed E-state index contributed by atoms with van der Waals surface area (Å²) in [6.45, 7) is 2.14. The average molecular weight is 375 g/mol. The van der Waals surface area contributed by atoms with E-state index in [0.29, 0.717) is 18.0 Å². The van der Waals surface area contributed by atoms with E-state index in [1.54, 1.807) is 10.4 Å². The summed E-state index contributed by atoms with van der Waals surface area (Å²) in [7, 11) is -1.51. The molecular weight excluding hydrogens is 350 g/mol. The first-order chi connectivity index (χ1) is 12.6. The van der Waals surface area contributed by atoms with E-state index in [4.69, 9.17) is 0 Å². The Morgan fingerprint density at radius 3 is 2.50 bits per heavy atom. The van der Waals surface area contributed by atoms with E-state index in [1.165, 1.54) is 11.8 Å². The van der Waals surface area contributed by atoms with Gasteiger partial charge in [-0.05, 0) is 37.8 Å². The van der Waals surface area contributed by atoms with Gasteiger partial charge in [-0.2, -0.15) is 9.40 Å². The molecule has 26 heavy (non-hydrogen) atoms. The quantitative estimate of drug-likeness (QED) is 0.820. The number of sulfonamides is 1. The highest BCUT2D eigenvalue weighted by Gasteiger charge is 2.30. The second kappa shape index (κ2) is 7.00. The lowest BCUT2D eigenvalue weighted by atomic mass is 10.1. The van der Waals surface area contributed by atoms with E-state index >= 15 is 0 Å². The lowest BCUT2D eigenvalue weighted by molar-refractivity contribution is 0.346. The van der Waals surface area contributed by atoms with Crippen molar-refractivity contribution >= 4 is 15.8 Å². The van der Waals surface area contributed by atoms with Crippen molar-refractivity contribution in [3.05, 3.63) is 36.3 Å². The number of piperidine rings is 1. The summed E-state index contributed by atoms with van der Waals surface area (Å²) < 4.78 is 28.9. The standard InChI is InChI=1S/C18H25N5O2S/c1-21-14-15(12-20-21)17-6-5-11-23(17)18-8-7-16(13-19-18)26(24,25)22-9-3-2-4-10-22/h7-8,12-14,17H,2-6,9-11H2,1H3. The molecule has 1 unspecified atom stereocenters. The fourth-order valence-corrected chi connectivity index (χ4v) is 5.41. The molecule has 7 nitrogen and oxygen atoms in total. The fourth-order valence-electron chi connectivity index (χ4n) is 3.95. The predicted molar refractivity (Wildman–Crippen MR) is 99.4 cm³/mol. The van der Waals surface area contributed by atoms with Gasteiger partial charge in [0.05, 0.1) is 12.2 Å². The molecule has 4 heterocycles. The number of aryl methyl sites for hydroxylation is 1. The highest BCUT2D eigenvalue weighted by Crippen LogP contribution is 2.35. The van der Waals surface area contributed by atoms with Crippen molar-refractivity contribution in [3.8, 4) is 0 Å². The molecule has 2 aromatic rings. The van der Waals surface area contributed by atoms with E-state index in [-0.39, 0.29) is 6.04 Å². The van der Waals surface area contributed by atoms with Gasteiger partial charge in [0.1, 0.15) is 10.7 Å². The molecule has 2 aromatic heterocycles. The Morgan fingerprint density at radius 1 is 1.04 bits per heavy atom. The molecule has 0 N–H and O–H groups in total. The number of aromatic nitrogens is 3. The largest absolute Gasteiger partial charge is 0.349 e. The average Bonchev–Trinajstić information content (AvgIpc) is 3.31. The predicted octanol–water partition coefficient (Wildman–Crippen LogP) is 2.33. The topological polar surface area (TPSA) is 71.3 Å². The molecule has 0 saturated carbocycles. The molecule has 8 heteroatoms. The van der Waals surface area contributed by atoms with Gasteiger partial charge in [-0.15, -0.1) is 0 Å². The van der Waals surface area contributed by atoms with Crippen LogP contribution >= 0.6 is 0 Å². The zero-order valence-corrected chi connectivity index (χ0v) is 15.9. The molecule has 0 spiro atoms. The van der Waals surface area contributed by atoms with Crippen LogP contribution in [0.5, 0.6) is 0 Å². The van der Waals surface area contributed by atoms with Crippen molar-refractivity contribution in [1.82, 2.24) is 19.1 Å². The van der Waals surface area contributed by atoms with Crippen LogP contribution in [0.4, 0.5) is 5.82 Å². The van der Waals surface area contributed by atoms with Crippen molar-refractivity contribution < 1.29 is 8.42 Å². The van der Waals surface area contributed by atoms with Gasteiger partial charge in [-0.1, -0.05) is 6.42 Å². The van der Waals surface area contributed by atoms with Crippen LogP contribution < -0.4 is 4.90 Å². The summed E-state index contributed by atoms with van der Waals surface area (Å²) in [4.78, 5) is 7.03. The number of anilines is 1. The molecule has 4 rings (SSSR count). The normalized spacial score (nSPS) is 22.0. The number of pyridine rings is 1. The number of rotatable bonds is 4. The Morgan fingerprint density at radius 2 is 1.85 bits per heavy atom. The molecule has 0 bridgehead atoms. The Kier molecular flexibility index (Phi) is 4.71. The Bertz CT molecular complexity index is 856. The molecule has 140 valence electrons. The molecule has 2 aliphatic heterocycles. The summed E-state index contributed by atoms with van der Waals surface area (Å²) >= 11 is 0. The third kappa shape index (κ3) is 3.23. The second-order valence-corrected chi connectivity index (χ2v) is 9.05. The van der Waals surface area contributed by atoms with Crippen LogP contribution in [0.15, 0.2) is 35.6 Å². The number of nitrogens with zero attached hydrogens (tertiary/aromatic N) is 5. The van der Waals surface area contributed by atoms with Gasteiger partial charge in [0, 0.05) is 44.6 Å². The Balaban J connectivity index is 1.55. The summed E-state index contributed by atoms with van der Waals surface area (Å²) in [6, 6.07) is 3.79. The summed E-state index contributed by atoms with van der Waals surface area (Å²) in [5.74, 6) is 0.828. The van der Waals surface area contributed by atoms with Gasteiger partial charge in [0.2, 0.25) is 10.0 Å². The first-order valence-corrected chi connectivity index (χ1v) is 10.7. The first kappa shape index (κ1) is 17.5. The van der Waals surface area contributed by atoms with Crippen LogP contribution in [0, 0.1) is 0 Å². The van der Waals surface area contributed by atoms with Crippen molar-refractivity contribution in [2.75, 3.05) is 24.5 Å². The zero-order chi connectivity index (χ0) is 18.1. The minimum absolute atomic E-state index is 0.251. The minimum Gasteiger partial charge on any atom is -0.349 e. The number of hydrogen-bond acceptors (Lipinski definition) is 5. The summed E-state index contributed by atoms with van der Waals surface area (Å²) in [5.41, 5.74) is 1.18. The highest BCUT2D eigenvalue weighted by atomic mass is 32.2. The lowest BCUT2D eigenvalue weighted by Crippen LogP contribution is -2.35. The number of hydrogen-bond donors (Lipinski definition) is 0. The van der Waals surface area contributed by atoms with Crippen molar-refractivity contribution in [2.24, 2.45) is 7.05 Å². The van der Waals surface area contributed by atoms with Gasteiger partial charge in [-0.25, -0.2) is 13.4 Å². The van der Waals surface area contributed by atoms with Crippen LogP contribution in [0.25, 0.3) is 0 Å². The van der Waals surface area contributed by atoms with E-state index in [1.807, 2.05) is 30.2 Å². The molecule has 2 aliphatic rings. The van der Waals surface area contributed by atoms with E-state index in [2.05, 4.69) is 15.0 Å². The van der Waals surface area contributed by atoms with Crippen molar-refractivity contribution in [3.63, 3.8) is 0 Å². The fraction of sp³-hybridized carbons (Fsp3) is 0.556. The maximum Gasteiger partial charge on any atom is 0.244 e. The van der Waals surface area contributed by atoms with Gasteiger partial charge >= 0.3 is 0 Å². The zero-order valence-electron chi connectivity index (χ0n) is 15.1. The first-order valence-electron chi connectivity index (χ1n) is 9.27. The minimum atomic E-state index is -3.43. The van der Waals surface area contributed by atoms with Crippen LogP contribution in [0.3, 0.4) is 0 Å². The maximum absolute atomic E-state index is 12.8. The molecular formula is C18H25N5O2S. The second-order valence-electron chi connectivity index (χ2n) is 7.12. The van der Waals surface area contributed by atoms with Crippen LogP contribution in [0.2, 0.25) is 0 Å². The smallest absolute Gasteiger partial charge is 0.244 e. The third-order valence-corrected chi connectivity index (χ3v) is 7.21. The van der Waals surface area contributed by atoms with E-state index in [0.717, 1.165) is 44.5 Å². The lowest BCUT2D eigenvalue weighted by Gasteiger charge is -2.27. The molecule has 0 radical (unpaired) electrons. The molecule has 2 saturated heterocycles. The van der Waals surface area contributed by atoms with Crippen molar-refractivity contribution in [1.29, 1.82) is 0 Å².